The number of H-pyrrole nitrogens is 1. The molecule has 0 bridgehead atoms. The van der Waals surface area contributed by atoms with Crippen LogP contribution in [-0.4, -0.2) is 40.3 Å². The number of aliphatic hydroxyl groups excluding tert-OH is 1. The molecule has 9 heteroatoms. The van der Waals surface area contributed by atoms with Gasteiger partial charge in [-0.15, -0.1) is 0 Å². The Morgan fingerprint density at radius 3 is 2.34 bits per heavy atom. The molecule has 0 saturated carbocycles. The molecular weight excluding hydrogens is 497 g/mol. The molecule has 1 aromatic heterocycles. The minimum Gasteiger partial charge on any atom is -0.507 e. The van der Waals surface area contributed by atoms with E-state index in [9.17, 15) is 27.9 Å². The number of halogens is 3. The average molecular weight is 521 g/mol. The lowest BCUT2D eigenvalue weighted by molar-refractivity contribution is -0.139. The molecule has 1 atom stereocenters. The molecule has 3 aromatic carbocycles. The summed E-state index contributed by atoms with van der Waals surface area (Å²) >= 11 is 0. The van der Waals surface area contributed by atoms with Crippen molar-refractivity contribution in [3.63, 3.8) is 0 Å². The summed E-state index contributed by atoms with van der Waals surface area (Å²) in [6.07, 6.45) is -2.33. The Kier molecular flexibility index (Phi) is 6.44. The van der Waals surface area contributed by atoms with Gasteiger partial charge in [-0.3, -0.25) is 9.59 Å². The number of alkyl halides is 3. The maximum Gasteiger partial charge on any atom is 0.416 e. The van der Waals surface area contributed by atoms with Crippen LogP contribution in [-0.2, 0) is 22.2 Å². The van der Waals surface area contributed by atoms with Crippen LogP contribution in [0.3, 0.4) is 0 Å². The smallest absolute Gasteiger partial charge is 0.416 e. The third-order valence-electron chi connectivity index (χ3n) is 6.75. The fourth-order valence-electron chi connectivity index (χ4n) is 4.80. The molecule has 1 unspecified atom stereocenters. The molecule has 1 saturated heterocycles. The van der Waals surface area contributed by atoms with Crippen molar-refractivity contribution in [3.8, 4) is 5.75 Å². The first-order valence-corrected chi connectivity index (χ1v) is 11.8. The van der Waals surface area contributed by atoms with Crippen LogP contribution in [0.1, 0.15) is 28.3 Å². The number of rotatable bonds is 6. The number of carbonyl (C=O) groups is 2. The number of ketones is 1. The first kappa shape index (κ1) is 25.1. The van der Waals surface area contributed by atoms with Gasteiger partial charge in [0.2, 0.25) is 0 Å². The van der Waals surface area contributed by atoms with E-state index in [0.717, 1.165) is 28.6 Å². The van der Waals surface area contributed by atoms with Crippen molar-refractivity contribution in [2.45, 2.75) is 18.6 Å². The molecule has 1 aliphatic rings. The lowest BCUT2D eigenvalue weighted by Gasteiger charge is -2.25. The Morgan fingerprint density at radius 2 is 1.68 bits per heavy atom. The molecule has 0 spiro atoms. The third kappa shape index (κ3) is 4.51. The number of aromatic nitrogens is 1. The molecule has 194 valence electrons. The lowest BCUT2D eigenvalue weighted by atomic mass is 9.94. The summed E-state index contributed by atoms with van der Waals surface area (Å²) in [6.45, 7) is 0.109. The number of Topliss-reactive ketones (excluding diaryl/α,β-unsaturated/α-hetero) is 1. The molecule has 1 amide bonds. The molecular formula is C29H23F3N2O4. The molecule has 1 fully saturated rings. The zero-order valence-electron chi connectivity index (χ0n) is 20.3. The van der Waals surface area contributed by atoms with Crippen molar-refractivity contribution < 1.29 is 32.6 Å². The van der Waals surface area contributed by atoms with Gasteiger partial charge in [-0.05, 0) is 60.0 Å². The summed E-state index contributed by atoms with van der Waals surface area (Å²) in [4.78, 5) is 30.9. The maximum atomic E-state index is 13.2. The Labute approximate surface area is 216 Å². The number of amides is 1. The van der Waals surface area contributed by atoms with E-state index in [4.69, 9.17) is 4.74 Å². The predicted octanol–water partition coefficient (Wildman–Crippen LogP) is 5.86. The SMILES string of the molecule is COc1ccc(C(O)=C2C(=O)C(=O)N(CCc3c[nH]c4ccccc34)C2c2ccc(C(F)(F)F)cc2)cc1. The number of para-hydroxylation sites is 1. The van der Waals surface area contributed by atoms with Crippen LogP contribution in [0.25, 0.3) is 16.7 Å². The van der Waals surface area contributed by atoms with Crippen LogP contribution in [0.2, 0.25) is 0 Å². The Bertz CT molecular complexity index is 1540. The highest BCUT2D eigenvalue weighted by Gasteiger charge is 2.46. The third-order valence-corrected chi connectivity index (χ3v) is 6.75. The lowest BCUT2D eigenvalue weighted by Crippen LogP contribution is -2.31. The van der Waals surface area contributed by atoms with E-state index >= 15 is 0 Å². The number of methoxy groups -OCH3 is 1. The first-order chi connectivity index (χ1) is 18.2. The van der Waals surface area contributed by atoms with Crippen LogP contribution in [0.15, 0.2) is 84.6 Å². The molecule has 4 aromatic rings. The number of hydrogen-bond acceptors (Lipinski definition) is 4. The van der Waals surface area contributed by atoms with Gasteiger partial charge in [0.1, 0.15) is 11.5 Å². The number of likely N-dealkylation sites (tertiary alicyclic amines) is 1. The monoisotopic (exact) mass is 520 g/mol. The van der Waals surface area contributed by atoms with E-state index in [0.29, 0.717) is 12.2 Å². The summed E-state index contributed by atoms with van der Waals surface area (Å²) in [7, 11) is 1.48. The topological polar surface area (TPSA) is 82.6 Å². The molecule has 0 aliphatic carbocycles. The second-order valence-electron chi connectivity index (χ2n) is 8.95. The first-order valence-electron chi connectivity index (χ1n) is 11.8. The van der Waals surface area contributed by atoms with E-state index in [1.54, 1.807) is 12.1 Å². The van der Waals surface area contributed by atoms with E-state index in [-0.39, 0.29) is 23.2 Å². The largest absolute Gasteiger partial charge is 0.507 e. The highest BCUT2D eigenvalue weighted by molar-refractivity contribution is 6.46. The fourth-order valence-corrected chi connectivity index (χ4v) is 4.80. The average Bonchev–Trinajstić information content (AvgIpc) is 3.45. The number of aliphatic hydroxyl groups is 1. The van der Waals surface area contributed by atoms with Crippen LogP contribution in [0.4, 0.5) is 13.2 Å². The van der Waals surface area contributed by atoms with Gasteiger partial charge in [0.25, 0.3) is 11.7 Å². The van der Waals surface area contributed by atoms with Crippen molar-refractivity contribution in [1.29, 1.82) is 0 Å². The van der Waals surface area contributed by atoms with Crippen LogP contribution in [0, 0.1) is 0 Å². The van der Waals surface area contributed by atoms with Gasteiger partial charge in [0.15, 0.2) is 0 Å². The van der Waals surface area contributed by atoms with Crippen molar-refractivity contribution in [2.24, 2.45) is 0 Å². The Hall–Kier alpha value is -4.53. The Morgan fingerprint density at radius 1 is 1.00 bits per heavy atom. The fraction of sp³-hybridized carbons (Fsp3) is 0.172. The number of ether oxygens (including phenoxy) is 1. The molecule has 38 heavy (non-hydrogen) atoms. The highest BCUT2D eigenvalue weighted by Crippen LogP contribution is 2.41. The summed E-state index contributed by atoms with van der Waals surface area (Å²) in [5.74, 6) is -1.61. The van der Waals surface area contributed by atoms with Gasteiger partial charge in [-0.25, -0.2) is 0 Å². The van der Waals surface area contributed by atoms with Gasteiger partial charge >= 0.3 is 6.18 Å². The maximum absolute atomic E-state index is 13.2. The van der Waals surface area contributed by atoms with Gasteiger partial charge in [0.05, 0.1) is 24.3 Å². The van der Waals surface area contributed by atoms with Gasteiger partial charge < -0.3 is 19.7 Å². The van der Waals surface area contributed by atoms with Crippen LogP contribution < -0.4 is 4.74 Å². The van der Waals surface area contributed by atoms with E-state index < -0.39 is 35.2 Å². The molecule has 2 heterocycles. The molecule has 2 N–H and O–H groups in total. The summed E-state index contributed by atoms with van der Waals surface area (Å²) in [6, 6.07) is 17.1. The molecule has 6 nitrogen and oxygen atoms in total. The summed E-state index contributed by atoms with van der Waals surface area (Å²) in [5, 5.41) is 12.1. The molecule has 0 radical (unpaired) electrons. The van der Waals surface area contributed by atoms with Gasteiger partial charge in [-0.2, -0.15) is 13.2 Å². The minimum atomic E-state index is -4.54. The normalized spacial score (nSPS) is 17.4. The van der Waals surface area contributed by atoms with Gasteiger partial charge in [-0.1, -0.05) is 30.3 Å². The van der Waals surface area contributed by atoms with E-state index in [1.165, 1.54) is 36.3 Å². The zero-order chi connectivity index (χ0) is 27.0. The van der Waals surface area contributed by atoms with Crippen molar-refractivity contribution in [3.05, 3.63) is 107 Å². The number of nitrogens with one attached hydrogen (secondary N) is 1. The van der Waals surface area contributed by atoms with Gasteiger partial charge in [0, 0.05) is 29.2 Å². The minimum absolute atomic E-state index is 0.109. The number of nitrogens with zero attached hydrogens (tertiary/aromatic N) is 1. The number of hydrogen-bond donors (Lipinski definition) is 2. The second-order valence-corrected chi connectivity index (χ2v) is 8.95. The van der Waals surface area contributed by atoms with E-state index in [1.807, 2.05) is 30.5 Å². The number of carbonyl (C=O) groups excluding carboxylic acids is 2. The van der Waals surface area contributed by atoms with Crippen LogP contribution >= 0.6 is 0 Å². The number of benzene rings is 3. The zero-order valence-corrected chi connectivity index (χ0v) is 20.3. The number of aromatic amines is 1. The van der Waals surface area contributed by atoms with E-state index in [2.05, 4.69) is 4.98 Å². The number of fused-ring (bicyclic) bond motifs is 1. The predicted molar refractivity (Wildman–Crippen MR) is 135 cm³/mol. The highest BCUT2D eigenvalue weighted by atomic mass is 19.4. The summed E-state index contributed by atoms with van der Waals surface area (Å²) < 4.78 is 44.8. The van der Waals surface area contributed by atoms with Crippen molar-refractivity contribution in [2.75, 3.05) is 13.7 Å². The standard InChI is InChI=1S/C29H23F3N2O4/c1-38-21-12-8-18(9-13-21)26(35)24-25(17-6-10-20(11-7-17)29(30,31)32)34(28(37)27(24)36)15-14-19-16-33-23-5-3-2-4-22(19)23/h2-13,16,25,33,35H,14-15H2,1H3. The second kappa shape index (κ2) is 9.74. The quantitative estimate of drug-likeness (QED) is 0.190. The summed E-state index contributed by atoms with van der Waals surface area (Å²) in [5.41, 5.74) is 1.36. The van der Waals surface area contributed by atoms with Crippen molar-refractivity contribution in [1.82, 2.24) is 9.88 Å². The molecule has 5 rings (SSSR count). The molecule has 1 aliphatic heterocycles. The van der Waals surface area contributed by atoms with Crippen molar-refractivity contribution >= 4 is 28.4 Å². The van der Waals surface area contributed by atoms with Crippen LogP contribution in [0.5, 0.6) is 5.75 Å². The Balaban J connectivity index is 1.56.